The predicted molar refractivity (Wildman–Crippen MR) is 108 cm³/mol. The molecular weight excluding hydrogens is 334 g/mol. The van der Waals surface area contributed by atoms with Gasteiger partial charge in [-0.2, -0.15) is 0 Å². The summed E-state index contributed by atoms with van der Waals surface area (Å²) < 4.78 is 5.72. The third kappa shape index (κ3) is 2.72. The Hall–Kier alpha value is -1.79. The maximum absolute atomic E-state index is 12.3. The smallest absolute Gasteiger partial charge is 0.316 e. The van der Waals surface area contributed by atoms with Gasteiger partial charge >= 0.3 is 5.97 Å². The largest absolute Gasteiger partial charge is 0.426 e. The molecule has 4 atom stereocenters. The molecule has 0 N–H and O–H groups in total. The molecule has 0 radical (unpaired) electrons. The zero-order valence-electron chi connectivity index (χ0n) is 17.0. The van der Waals surface area contributed by atoms with Crippen molar-refractivity contribution in [2.45, 2.75) is 70.8 Å². The molecule has 27 heavy (non-hydrogen) atoms. The molecule has 1 aliphatic heterocycles. The lowest BCUT2D eigenvalue weighted by atomic mass is 9.44. The van der Waals surface area contributed by atoms with E-state index >= 15 is 0 Å². The van der Waals surface area contributed by atoms with E-state index in [9.17, 15) is 4.79 Å². The first-order chi connectivity index (χ1) is 12.8. The molecule has 1 aromatic rings. The van der Waals surface area contributed by atoms with Gasteiger partial charge in [-0.15, -0.1) is 6.42 Å². The lowest BCUT2D eigenvalue weighted by molar-refractivity contribution is -0.143. The summed E-state index contributed by atoms with van der Waals surface area (Å²) in [5, 5.41) is 0. The fraction of sp³-hybridized carbons (Fsp3) is 0.625. The van der Waals surface area contributed by atoms with Gasteiger partial charge in [0, 0.05) is 23.9 Å². The standard InChI is InChI=1S/C24H31NO2/c1-6-13-25-15-21-18-11-10-17(27-22(26)23(3,4)5)14-20(18)24(21)12-8-7-9-19(24)16(25)2/h1,10-11,14,16,19,21H,7-9,12-13,15H2,2-5H3. The second kappa shape index (κ2) is 6.38. The normalized spacial score (nSPS) is 32.3. The molecule has 0 bridgehead atoms. The number of likely N-dealkylation sites (tertiary alicyclic amines) is 1. The van der Waals surface area contributed by atoms with Gasteiger partial charge < -0.3 is 4.74 Å². The van der Waals surface area contributed by atoms with E-state index in [4.69, 9.17) is 11.2 Å². The number of carbonyl (C=O) groups excluding carboxylic acids is 1. The zero-order valence-corrected chi connectivity index (χ0v) is 17.0. The van der Waals surface area contributed by atoms with Gasteiger partial charge in [0.25, 0.3) is 0 Å². The Balaban J connectivity index is 1.69. The number of nitrogens with zero attached hydrogens (tertiary/aromatic N) is 1. The minimum Gasteiger partial charge on any atom is -0.426 e. The second-order valence-electron chi connectivity index (χ2n) is 9.71. The molecule has 3 aliphatic rings. The molecule has 4 rings (SSSR count). The zero-order chi connectivity index (χ0) is 19.4. The fourth-order valence-corrected chi connectivity index (χ4v) is 5.86. The molecule has 4 unspecified atom stereocenters. The van der Waals surface area contributed by atoms with Gasteiger partial charge in [0.05, 0.1) is 12.0 Å². The first-order valence-corrected chi connectivity index (χ1v) is 10.3. The Morgan fingerprint density at radius 2 is 2.15 bits per heavy atom. The minimum absolute atomic E-state index is 0.173. The highest BCUT2D eigenvalue weighted by molar-refractivity contribution is 5.78. The van der Waals surface area contributed by atoms with Crippen molar-refractivity contribution in [3.63, 3.8) is 0 Å². The number of hydrogen-bond acceptors (Lipinski definition) is 3. The summed E-state index contributed by atoms with van der Waals surface area (Å²) in [6.45, 7) is 9.82. The van der Waals surface area contributed by atoms with Crippen LogP contribution in [0, 0.1) is 23.7 Å². The van der Waals surface area contributed by atoms with Gasteiger partial charge in [0.15, 0.2) is 0 Å². The topological polar surface area (TPSA) is 29.5 Å². The second-order valence-corrected chi connectivity index (χ2v) is 9.71. The van der Waals surface area contributed by atoms with Gasteiger partial charge in [-0.25, -0.2) is 0 Å². The molecule has 1 saturated heterocycles. The van der Waals surface area contributed by atoms with E-state index < -0.39 is 5.41 Å². The van der Waals surface area contributed by atoms with Crippen molar-refractivity contribution in [1.82, 2.24) is 4.90 Å². The summed E-state index contributed by atoms with van der Waals surface area (Å²) in [6.07, 6.45) is 10.8. The molecule has 0 amide bonds. The average molecular weight is 366 g/mol. The lowest BCUT2D eigenvalue weighted by Crippen LogP contribution is -2.64. The van der Waals surface area contributed by atoms with Crippen LogP contribution in [0.15, 0.2) is 18.2 Å². The number of rotatable bonds is 2. The molecule has 3 heteroatoms. The summed E-state index contributed by atoms with van der Waals surface area (Å²) in [5.74, 6) is 4.59. The van der Waals surface area contributed by atoms with Crippen LogP contribution in [0.5, 0.6) is 5.75 Å². The Morgan fingerprint density at radius 3 is 2.85 bits per heavy atom. The molecule has 2 fully saturated rings. The third-order valence-electron chi connectivity index (χ3n) is 7.23. The van der Waals surface area contributed by atoms with Crippen LogP contribution in [-0.4, -0.2) is 30.0 Å². The van der Waals surface area contributed by atoms with Crippen LogP contribution in [0.2, 0.25) is 0 Å². The van der Waals surface area contributed by atoms with Crippen molar-refractivity contribution in [2.24, 2.45) is 11.3 Å². The van der Waals surface area contributed by atoms with Crippen molar-refractivity contribution in [3.05, 3.63) is 29.3 Å². The fourth-order valence-electron chi connectivity index (χ4n) is 5.86. The molecule has 1 heterocycles. The van der Waals surface area contributed by atoms with Crippen LogP contribution in [0.25, 0.3) is 0 Å². The molecular formula is C24H31NO2. The maximum Gasteiger partial charge on any atom is 0.316 e. The molecule has 1 spiro atoms. The first-order valence-electron chi connectivity index (χ1n) is 10.3. The molecule has 1 saturated carbocycles. The molecule has 1 aromatic carbocycles. The highest BCUT2D eigenvalue weighted by Gasteiger charge is 2.61. The summed E-state index contributed by atoms with van der Waals surface area (Å²) in [6, 6.07) is 6.83. The number of esters is 1. The van der Waals surface area contributed by atoms with Crippen molar-refractivity contribution in [2.75, 3.05) is 13.1 Å². The van der Waals surface area contributed by atoms with E-state index in [0.29, 0.717) is 23.6 Å². The van der Waals surface area contributed by atoms with Crippen molar-refractivity contribution in [3.8, 4) is 18.1 Å². The van der Waals surface area contributed by atoms with Crippen molar-refractivity contribution < 1.29 is 9.53 Å². The van der Waals surface area contributed by atoms with E-state index in [1.807, 2.05) is 26.8 Å². The molecule has 2 aliphatic carbocycles. The molecule has 0 aromatic heterocycles. The number of ether oxygens (including phenoxy) is 1. The van der Waals surface area contributed by atoms with Crippen molar-refractivity contribution >= 4 is 5.97 Å². The number of terminal acetylenes is 1. The Labute approximate surface area is 163 Å². The van der Waals surface area contributed by atoms with E-state index in [0.717, 1.165) is 13.1 Å². The summed E-state index contributed by atoms with van der Waals surface area (Å²) in [7, 11) is 0. The van der Waals surface area contributed by atoms with Crippen LogP contribution in [0.4, 0.5) is 0 Å². The first kappa shape index (κ1) is 18.6. The van der Waals surface area contributed by atoms with Crippen molar-refractivity contribution in [1.29, 1.82) is 0 Å². The highest BCUT2D eigenvalue weighted by atomic mass is 16.5. The van der Waals surface area contributed by atoms with Gasteiger partial charge in [-0.3, -0.25) is 9.69 Å². The van der Waals surface area contributed by atoms with E-state index in [1.165, 1.54) is 36.8 Å². The van der Waals surface area contributed by atoms with E-state index in [2.05, 4.69) is 29.9 Å². The Morgan fingerprint density at radius 1 is 1.37 bits per heavy atom. The Bertz CT molecular complexity index is 800. The number of carbonyl (C=O) groups is 1. The Kier molecular flexibility index (Phi) is 4.39. The quantitative estimate of drug-likeness (QED) is 0.439. The molecule has 144 valence electrons. The van der Waals surface area contributed by atoms with Gasteiger partial charge in [-0.05, 0) is 69.7 Å². The third-order valence-corrected chi connectivity index (χ3v) is 7.23. The predicted octanol–water partition coefficient (Wildman–Crippen LogP) is 4.50. The van der Waals surface area contributed by atoms with E-state index in [-0.39, 0.29) is 11.4 Å². The number of piperidine rings is 1. The van der Waals surface area contributed by atoms with Crippen LogP contribution >= 0.6 is 0 Å². The number of fused-ring (bicyclic) bond motifs is 2. The maximum atomic E-state index is 12.3. The average Bonchev–Trinajstić information content (AvgIpc) is 2.63. The highest BCUT2D eigenvalue weighted by Crippen LogP contribution is 2.65. The number of hydrogen-bond donors (Lipinski definition) is 0. The van der Waals surface area contributed by atoms with Gasteiger partial charge in [0.1, 0.15) is 5.75 Å². The minimum atomic E-state index is -0.494. The van der Waals surface area contributed by atoms with Crippen LogP contribution in [0.3, 0.4) is 0 Å². The summed E-state index contributed by atoms with van der Waals surface area (Å²) in [4.78, 5) is 14.8. The van der Waals surface area contributed by atoms with Crippen LogP contribution in [0.1, 0.15) is 70.4 Å². The van der Waals surface area contributed by atoms with Crippen LogP contribution in [-0.2, 0) is 10.2 Å². The van der Waals surface area contributed by atoms with Crippen LogP contribution < -0.4 is 4.74 Å². The summed E-state index contributed by atoms with van der Waals surface area (Å²) >= 11 is 0. The van der Waals surface area contributed by atoms with Gasteiger partial charge in [0.2, 0.25) is 0 Å². The lowest BCUT2D eigenvalue weighted by Gasteiger charge is -2.64. The SMILES string of the molecule is C#CCN1CC2c3ccc(OC(=O)C(C)(C)C)cc3C23CCCCC3C1C. The van der Waals surface area contributed by atoms with E-state index in [1.54, 1.807) is 0 Å². The molecule has 3 nitrogen and oxygen atoms in total. The van der Waals surface area contributed by atoms with Gasteiger partial charge in [-0.1, -0.05) is 24.8 Å². The monoisotopic (exact) mass is 365 g/mol. The summed E-state index contributed by atoms with van der Waals surface area (Å²) in [5.41, 5.74) is 2.63. The number of benzene rings is 1.